The third kappa shape index (κ3) is 4.09. The molecule has 0 atom stereocenters. The lowest BCUT2D eigenvalue weighted by Gasteiger charge is -2.18. The molecule has 0 bridgehead atoms. The first-order valence-corrected chi connectivity index (χ1v) is 6.40. The van der Waals surface area contributed by atoms with Crippen molar-refractivity contribution in [1.29, 1.82) is 5.26 Å². The molecule has 1 aromatic rings. The number of rotatable bonds is 6. The van der Waals surface area contributed by atoms with Gasteiger partial charge in [-0.05, 0) is 34.1 Å². The van der Waals surface area contributed by atoms with E-state index in [9.17, 15) is 10.1 Å². The molecule has 0 aromatic heterocycles. The number of nitrogens with zero attached hydrogens (tertiary/aromatic N) is 3. The van der Waals surface area contributed by atoms with Crippen molar-refractivity contribution < 1.29 is 4.92 Å². The van der Waals surface area contributed by atoms with Crippen LogP contribution in [0, 0.1) is 21.4 Å². The Morgan fingerprint density at radius 2 is 2.28 bits per heavy atom. The minimum Gasteiger partial charge on any atom is -0.298 e. The summed E-state index contributed by atoms with van der Waals surface area (Å²) < 4.78 is 0.483. The molecule has 6 heteroatoms. The Hall–Kier alpha value is -1.45. The Morgan fingerprint density at radius 3 is 2.83 bits per heavy atom. The monoisotopic (exact) mass is 311 g/mol. The van der Waals surface area contributed by atoms with Crippen molar-refractivity contribution in [2.24, 2.45) is 0 Å². The smallest absolute Gasteiger partial charge is 0.283 e. The van der Waals surface area contributed by atoms with E-state index in [0.29, 0.717) is 24.0 Å². The molecule has 0 saturated heterocycles. The Labute approximate surface area is 114 Å². The molecule has 5 nitrogen and oxygen atoms in total. The minimum absolute atomic E-state index is 0.0730. The van der Waals surface area contributed by atoms with E-state index in [1.54, 1.807) is 12.1 Å². The van der Waals surface area contributed by atoms with Gasteiger partial charge in [-0.15, -0.1) is 0 Å². The molecule has 0 fully saturated rings. The van der Waals surface area contributed by atoms with Crippen molar-refractivity contribution in [3.8, 4) is 6.07 Å². The lowest BCUT2D eigenvalue weighted by Crippen LogP contribution is -2.23. The topological polar surface area (TPSA) is 70.2 Å². The van der Waals surface area contributed by atoms with Gasteiger partial charge >= 0.3 is 0 Å². The fourth-order valence-electron chi connectivity index (χ4n) is 1.61. The number of hydrogen-bond acceptors (Lipinski definition) is 4. The highest BCUT2D eigenvalue weighted by atomic mass is 79.9. The van der Waals surface area contributed by atoms with Gasteiger partial charge in [-0.1, -0.05) is 13.0 Å². The van der Waals surface area contributed by atoms with Gasteiger partial charge < -0.3 is 0 Å². The zero-order chi connectivity index (χ0) is 13.5. The largest absolute Gasteiger partial charge is 0.298 e. The standard InChI is InChI=1S/C12H14BrN3O2/c1-2-15(7-3-6-14)9-10-4-5-11(13)12(8-10)16(17)18/h4-5,8H,2-3,7,9H2,1H3. The van der Waals surface area contributed by atoms with E-state index in [4.69, 9.17) is 5.26 Å². The van der Waals surface area contributed by atoms with Gasteiger partial charge in [0.1, 0.15) is 0 Å². The predicted molar refractivity (Wildman–Crippen MR) is 72.0 cm³/mol. The molecule has 1 rings (SSSR count). The van der Waals surface area contributed by atoms with Gasteiger partial charge in [-0.3, -0.25) is 15.0 Å². The zero-order valence-corrected chi connectivity index (χ0v) is 11.7. The fourth-order valence-corrected chi connectivity index (χ4v) is 2.00. The van der Waals surface area contributed by atoms with E-state index in [-0.39, 0.29) is 5.69 Å². The van der Waals surface area contributed by atoms with Crippen molar-refractivity contribution in [1.82, 2.24) is 4.90 Å². The lowest BCUT2D eigenvalue weighted by molar-refractivity contribution is -0.385. The second-order valence-electron chi connectivity index (χ2n) is 3.82. The summed E-state index contributed by atoms with van der Waals surface area (Å²) in [5.74, 6) is 0. The van der Waals surface area contributed by atoms with Gasteiger partial charge in [0.25, 0.3) is 5.69 Å². The summed E-state index contributed by atoms with van der Waals surface area (Å²) in [6.45, 7) is 4.11. The molecular formula is C12H14BrN3O2. The molecular weight excluding hydrogens is 298 g/mol. The molecule has 0 aliphatic heterocycles. The van der Waals surface area contributed by atoms with Crippen LogP contribution in [-0.2, 0) is 6.54 Å². The Kier molecular flexibility index (Phi) is 5.75. The van der Waals surface area contributed by atoms with Crippen LogP contribution in [0.2, 0.25) is 0 Å². The van der Waals surface area contributed by atoms with Crippen LogP contribution in [0.3, 0.4) is 0 Å². The molecule has 0 radical (unpaired) electrons. The molecule has 0 heterocycles. The minimum atomic E-state index is -0.404. The maximum atomic E-state index is 10.8. The molecule has 0 unspecified atom stereocenters. The van der Waals surface area contributed by atoms with Gasteiger partial charge in [0.2, 0.25) is 0 Å². The van der Waals surface area contributed by atoms with Gasteiger partial charge in [-0.2, -0.15) is 5.26 Å². The number of nitriles is 1. The lowest BCUT2D eigenvalue weighted by atomic mass is 10.2. The summed E-state index contributed by atoms with van der Waals surface area (Å²) in [6, 6.07) is 7.21. The van der Waals surface area contributed by atoms with E-state index in [1.807, 2.05) is 13.0 Å². The summed E-state index contributed by atoms with van der Waals surface area (Å²) in [7, 11) is 0. The Balaban J connectivity index is 2.81. The highest BCUT2D eigenvalue weighted by Crippen LogP contribution is 2.26. The third-order valence-corrected chi connectivity index (χ3v) is 3.27. The highest BCUT2D eigenvalue weighted by molar-refractivity contribution is 9.10. The number of hydrogen-bond donors (Lipinski definition) is 0. The first-order valence-electron chi connectivity index (χ1n) is 5.60. The predicted octanol–water partition coefficient (Wildman–Crippen LogP) is 3.09. The van der Waals surface area contributed by atoms with E-state index >= 15 is 0 Å². The summed E-state index contributed by atoms with van der Waals surface area (Å²) in [6.07, 6.45) is 0.465. The normalized spacial score (nSPS) is 10.3. The van der Waals surface area contributed by atoms with Crippen LogP contribution >= 0.6 is 15.9 Å². The second-order valence-corrected chi connectivity index (χ2v) is 4.67. The molecule has 0 aliphatic carbocycles. The average molecular weight is 312 g/mol. The van der Waals surface area contributed by atoms with Crippen molar-refractivity contribution in [3.63, 3.8) is 0 Å². The second kappa shape index (κ2) is 7.09. The molecule has 0 saturated carbocycles. The van der Waals surface area contributed by atoms with E-state index in [1.165, 1.54) is 0 Å². The van der Waals surface area contributed by atoms with Crippen LogP contribution in [0.25, 0.3) is 0 Å². The number of halogens is 1. The van der Waals surface area contributed by atoms with Crippen LogP contribution < -0.4 is 0 Å². The van der Waals surface area contributed by atoms with Crippen molar-refractivity contribution >= 4 is 21.6 Å². The molecule has 18 heavy (non-hydrogen) atoms. The highest BCUT2D eigenvalue weighted by Gasteiger charge is 2.13. The molecule has 1 aromatic carbocycles. The van der Waals surface area contributed by atoms with Gasteiger partial charge in [0, 0.05) is 25.6 Å². The Morgan fingerprint density at radius 1 is 1.56 bits per heavy atom. The fraction of sp³-hybridized carbons (Fsp3) is 0.417. The van der Waals surface area contributed by atoms with Crippen molar-refractivity contribution in [3.05, 3.63) is 38.3 Å². The SMILES string of the molecule is CCN(CCC#N)Cc1ccc(Br)c([N+](=O)[O-])c1. The Bertz CT molecular complexity index is 471. The quantitative estimate of drug-likeness (QED) is 0.598. The molecule has 0 aliphatic rings. The summed E-state index contributed by atoms with van der Waals surface area (Å²) >= 11 is 3.16. The summed E-state index contributed by atoms with van der Waals surface area (Å²) in [4.78, 5) is 12.5. The van der Waals surface area contributed by atoms with Crippen LogP contribution in [0.1, 0.15) is 18.9 Å². The zero-order valence-electron chi connectivity index (χ0n) is 10.1. The maximum Gasteiger partial charge on any atom is 0.283 e. The molecule has 0 N–H and O–H groups in total. The number of nitro groups is 1. The average Bonchev–Trinajstić information content (AvgIpc) is 2.36. The first-order chi connectivity index (χ1) is 8.58. The van der Waals surface area contributed by atoms with Gasteiger partial charge in [-0.25, -0.2) is 0 Å². The van der Waals surface area contributed by atoms with E-state index in [2.05, 4.69) is 26.9 Å². The molecule has 0 amide bonds. The third-order valence-electron chi connectivity index (χ3n) is 2.60. The van der Waals surface area contributed by atoms with Crippen LogP contribution in [0.4, 0.5) is 5.69 Å². The molecule has 0 spiro atoms. The van der Waals surface area contributed by atoms with E-state index in [0.717, 1.165) is 12.1 Å². The van der Waals surface area contributed by atoms with Crippen molar-refractivity contribution in [2.45, 2.75) is 19.9 Å². The maximum absolute atomic E-state index is 10.8. The van der Waals surface area contributed by atoms with Crippen molar-refractivity contribution in [2.75, 3.05) is 13.1 Å². The van der Waals surface area contributed by atoms with Crippen LogP contribution in [0.15, 0.2) is 22.7 Å². The summed E-state index contributed by atoms with van der Waals surface area (Å²) in [5, 5.41) is 19.4. The first kappa shape index (κ1) is 14.6. The van der Waals surface area contributed by atoms with Crippen LogP contribution in [0.5, 0.6) is 0 Å². The summed E-state index contributed by atoms with van der Waals surface area (Å²) in [5.41, 5.74) is 0.952. The number of nitro benzene ring substituents is 1. The number of benzene rings is 1. The molecule has 96 valence electrons. The van der Waals surface area contributed by atoms with Gasteiger partial charge in [0.15, 0.2) is 0 Å². The van der Waals surface area contributed by atoms with Crippen LogP contribution in [-0.4, -0.2) is 22.9 Å². The van der Waals surface area contributed by atoms with E-state index < -0.39 is 4.92 Å². The van der Waals surface area contributed by atoms with Gasteiger partial charge in [0.05, 0.1) is 15.5 Å².